The van der Waals surface area contributed by atoms with Crippen LogP contribution in [0.25, 0.3) is 0 Å². The molecule has 10 N–H and O–H groups in total. The number of carbonyl (C=O) groups excluding carboxylic acids is 5. The van der Waals surface area contributed by atoms with Crippen molar-refractivity contribution in [2.24, 2.45) is 5.73 Å². The number of carbonyl (C=O) groups is 5. The van der Waals surface area contributed by atoms with E-state index >= 15 is 9.59 Å². The highest BCUT2D eigenvalue weighted by atomic mass is 16.7. The molecule has 4 fully saturated rings. The van der Waals surface area contributed by atoms with Crippen LogP contribution in [0.5, 0.6) is 5.75 Å². The molecular weight excluding hydrogens is 981 g/mol. The second-order valence-corrected chi connectivity index (χ2v) is 20.8. The standard InChI is InChI=1S/C50H68N2O22/c1-18-14-31(73-33-16-29(65-9)38(55)21(4)68-33)49(63)37-36(43(60)46(71-24(7)54)50(49,64)44(18)70-23(6)53)42(59)35-26(41(37)58)11-10-25(40(35)57)28-15-30(39(56)20(3)66-28)72-34-17-48(8,62)45(22(5)69-34)74-32-13-12-27(19(2)67-32)52-47(51)61/h10-11,14,19-22,27-34,38-39,43-46,55-57,60,62-64H,12-13,15-17H2,1-9H3,(H3,51,52,61). The average molecular weight is 1050 g/mol. The molecule has 0 bridgehead atoms. The molecule has 74 heavy (non-hydrogen) atoms. The molecule has 3 aliphatic carbocycles. The number of ketones is 2. The van der Waals surface area contributed by atoms with Gasteiger partial charge in [0.05, 0.1) is 59.9 Å². The largest absolute Gasteiger partial charge is 0.507 e. The summed E-state index contributed by atoms with van der Waals surface area (Å²) < 4.78 is 59.6. The maximum atomic E-state index is 15.2. The molecule has 4 aliphatic heterocycles. The van der Waals surface area contributed by atoms with Crippen molar-refractivity contribution in [3.63, 3.8) is 0 Å². The van der Waals surface area contributed by atoms with Crippen molar-refractivity contribution < 1.29 is 107 Å². The highest BCUT2D eigenvalue weighted by Gasteiger charge is 2.76. The lowest BCUT2D eigenvalue weighted by Gasteiger charge is -2.59. The van der Waals surface area contributed by atoms with Gasteiger partial charge in [-0.25, -0.2) is 4.79 Å². The number of primary amides is 1. The maximum Gasteiger partial charge on any atom is 0.312 e. The van der Waals surface area contributed by atoms with E-state index in [0.29, 0.717) is 12.8 Å². The zero-order chi connectivity index (χ0) is 54.3. The number of benzene rings is 1. The number of aliphatic hydroxyl groups is 6. The van der Waals surface area contributed by atoms with Crippen LogP contribution >= 0.6 is 0 Å². The number of hydrogen-bond acceptors (Lipinski definition) is 22. The summed E-state index contributed by atoms with van der Waals surface area (Å²) in [7, 11) is 1.35. The molecule has 2 amide bonds. The van der Waals surface area contributed by atoms with Crippen LogP contribution in [0.4, 0.5) is 4.79 Å². The number of hydrogen-bond donors (Lipinski definition) is 9. The summed E-state index contributed by atoms with van der Waals surface area (Å²) in [6.45, 7) is 11.4. The summed E-state index contributed by atoms with van der Waals surface area (Å²) in [5, 5.41) is 87.3. The number of amides is 2. The predicted octanol–water partition coefficient (Wildman–Crippen LogP) is 0.0528. The summed E-state index contributed by atoms with van der Waals surface area (Å²) in [6.07, 6.45) is -19.5. The van der Waals surface area contributed by atoms with Gasteiger partial charge in [0.25, 0.3) is 0 Å². The molecule has 24 heteroatoms. The fourth-order valence-corrected chi connectivity index (χ4v) is 11.9. The molecule has 410 valence electrons. The minimum Gasteiger partial charge on any atom is -0.507 e. The minimum atomic E-state index is -3.22. The van der Waals surface area contributed by atoms with Crippen molar-refractivity contribution in [3.05, 3.63) is 51.6 Å². The third-order valence-corrected chi connectivity index (χ3v) is 15.5. The lowest BCUT2D eigenvalue weighted by molar-refractivity contribution is -0.333. The molecule has 0 saturated carbocycles. The van der Waals surface area contributed by atoms with E-state index in [9.17, 15) is 50.1 Å². The van der Waals surface area contributed by atoms with Gasteiger partial charge in [0.2, 0.25) is 0 Å². The van der Waals surface area contributed by atoms with Crippen molar-refractivity contribution in [3.8, 4) is 5.75 Å². The summed E-state index contributed by atoms with van der Waals surface area (Å²) in [5.41, 5.74) is -5.66. The van der Waals surface area contributed by atoms with E-state index in [2.05, 4.69) is 5.32 Å². The van der Waals surface area contributed by atoms with Gasteiger partial charge in [0.15, 0.2) is 53.8 Å². The van der Waals surface area contributed by atoms with Gasteiger partial charge >= 0.3 is 18.0 Å². The van der Waals surface area contributed by atoms with Crippen LogP contribution in [0.15, 0.2) is 34.9 Å². The topological polar surface area (TPSA) is 357 Å². The lowest BCUT2D eigenvalue weighted by atomic mass is 9.54. The Morgan fingerprint density at radius 1 is 0.770 bits per heavy atom. The van der Waals surface area contributed by atoms with E-state index in [-0.39, 0.29) is 36.4 Å². The van der Waals surface area contributed by atoms with Gasteiger partial charge in [-0.1, -0.05) is 6.07 Å². The Bertz CT molecular complexity index is 2450. The third kappa shape index (κ3) is 9.69. The maximum absolute atomic E-state index is 15.2. The number of urea groups is 1. The van der Waals surface area contributed by atoms with E-state index in [1.807, 2.05) is 0 Å². The van der Waals surface area contributed by atoms with E-state index in [0.717, 1.165) is 13.8 Å². The third-order valence-electron chi connectivity index (χ3n) is 15.5. The van der Waals surface area contributed by atoms with Crippen molar-refractivity contribution in [2.75, 3.05) is 7.11 Å². The number of Topliss-reactive ketones (excluding diaryl/α,β-unsaturated/α-hetero) is 2. The normalized spacial score (nSPS) is 43.3. The second-order valence-electron chi connectivity index (χ2n) is 20.8. The molecule has 21 atom stereocenters. The molecular formula is C50H68N2O22. The zero-order valence-electron chi connectivity index (χ0n) is 42.5. The number of esters is 2. The summed E-state index contributed by atoms with van der Waals surface area (Å²) in [4.78, 5) is 67.2. The lowest BCUT2D eigenvalue weighted by Crippen LogP contribution is -2.80. The fraction of sp³-hybridized carbons (Fsp3) is 0.700. The number of aliphatic hydroxyl groups excluding tert-OH is 3. The van der Waals surface area contributed by atoms with E-state index in [1.165, 1.54) is 39.2 Å². The summed E-state index contributed by atoms with van der Waals surface area (Å²) >= 11 is 0. The van der Waals surface area contributed by atoms with Crippen molar-refractivity contribution >= 4 is 29.5 Å². The Morgan fingerprint density at radius 2 is 1.41 bits per heavy atom. The van der Waals surface area contributed by atoms with Gasteiger partial charge in [-0.3, -0.25) is 19.2 Å². The highest BCUT2D eigenvalue weighted by molar-refractivity contribution is 6.29. The van der Waals surface area contributed by atoms with E-state index in [1.54, 1.807) is 27.7 Å². The van der Waals surface area contributed by atoms with Crippen LogP contribution in [0.3, 0.4) is 0 Å². The Labute approximate surface area is 425 Å². The fourth-order valence-electron chi connectivity index (χ4n) is 11.9. The highest BCUT2D eigenvalue weighted by Crippen LogP contribution is 2.56. The minimum absolute atomic E-state index is 0.00785. The van der Waals surface area contributed by atoms with E-state index < -0.39 is 179 Å². The molecule has 4 heterocycles. The Balaban J connectivity index is 1.10. The van der Waals surface area contributed by atoms with Crippen LogP contribution in [-0.2, 0) is 57.0 Å². The van der Waals surface area contributed by atoms with Gasteiger partial charge in [-0.15, -0.1) is 0 Å². The molecule has 1 aromatic rings. The molecule has 0 radical (unpaired) electrons. The number of phenolic OH excluding ortho intramolecular Hbond substituents is 1. The second kappa shape index (κ2) is 20.8. The molecule has 0 aromatic heterocycles. The molecule has 24 nitrogen and oxygen atoms in total. The molecule has 4 saturated heterocycles. The number of nitrogens with two attached hydrogens (primary N) is 1. The van der Waals surface area contributed by atoms with Crippen LogP contribution in [0, 0.1) is 0 Å². The van der Waals surface area contributed by atoms with Crippen molar-refractivity contribution in [1.29, 1.82) is 0 Å². The zero-order valence-corrected chi connectivity index (χ0v) is 42.5. The predicted molar refractivity (Wildman–Crippen MR) is 249 cm³/mol. The van der Waals surface area contributed by atoms with Crippen LogP contribution < -0.4 is 11.1 Å². The Hall–Kier alpha value is -4.51. The van der Waals surface area contributed by atoms with E-state index in [4.69, 9.17) is 53.1 Å². The van der Waals surface area contributed by atoms with Gasteiger partial charge in [0, 0.05) is 68.9 Å². The average Bonchev–Trinajstić information content (AvgIpc) is 3.30. The molecule has 7 aliphatic rings. The number of fused-ring (bicyclic) bond motifs is 3. The first-order chi connectivity index (χ1) is 34.6. The first-order valence-corrected chi connectivity index (χ1v) is 24.7. The first-order valence-electron chi connectivity index (χ1n) is 24.7. The van der Waals surface area contributed by atoms with Gasteiger partial charge in [-0.2, -0.15) is 0 Å². The number of aromatic hydroxyl groups is 1. The number of nitrogens with one attached hydrogen (secondary N) is 1. The molecule has 21 unspecified atom stereocenters. The first kappa shape index (κ1) is 55.7. The monoisotopic (exact) mass is 1050 g/mol. The summed E-state index contributed by atoms with van der Waals surface area (Å²) in [6, 6.07) is 1.45. The number of phenols is 1. The van der Waals surface area contributed by atoms with Crippen LogP contribution in [0.1, 0.15) is 120 Å². The van der Waals surface area contributed by atoms with Crippen molar-refractivity contribution in [1.82, 2.24) is 5.32 Å². The summed E-state index contributed by atoms with van der Waals surface area (Å²) in [5.74, 6) is -5.34. The number of ether oxygens (including phenoxy) is 10. The Morgan fingerprint density at radius 3 is 2.03 bits per heavy atom. The quantitative estimate of drug-likeness (QED) is 0.104. The van der Waals surface area contributed by atoms with Gasteiger partial charge in [0.1, 0.15) is 36.3 Å². The Kier molecular flexibility index (Phi) is 15.7. The van der Waals surface area contributed by atoms with Gasteiger partial charge in [-0.05, 0) is 65.7 Å². The molecule has 8 rings (SSSR count). The van der Waals surface area contributed by atoms with Crippen molar-refractivity contribution in [2.45, 2.75) is 215 Å². The van der Waals surface area contributed by atoms with Gasteiger partial charge < -0.3 is 94.2 Å². The van der Waals surface area contributed by atoms with Crippen LogP contribution in [-0.4, -0.2) is 193 Å². The number of rotatable bonds is 11. The number of methoxy groups -OCH3 is 1. The van der Waals surface area contributed by atoms with Crippen LogP contribution in [0.2, 0.25) is 0 Å². The SMILES string of the molecule is COC1CC(OC2C=C(C)C(OC(C)=O)C3(O)C(OC(C)=O)C(O)C4=C(C(=O)c5ccc(C6CC(OC7CC(C)(O)C(OC8CCC(NC(N)=O)C(C)O8)C(C)O7)C(O)C(C)O6)c(O)c5C4=O)C23O)OC(C)C1O. The smallest absolute Gasteiger partial charge is 0.312 e. The molecule has 1 aromatic carbocycles. The molecule has 0 spiro atoms.